The van der Waals surface area contributed by atoms with Crippen molar-refractivity contribution in [2.45, 2.75) is 18.3 Å². The molecule has 0 radical (unpaired) electrons. The SMILES string of the molecule is CSC(C)CNCC(O)COc1cccc(Br)c1. The highest BCUT2D eigenvalue weighted by Crippen LogP contribution is 2.17. The van der Waals surface area contributed by atoms with Crippen LogP contribution in [-0.2, 0) is 0 Å². The highest BCUT2D eigenvalue weighted by atomic mass is 79.9. The summed E-state index contributed by atoms with van der Waals surface area (Å²) < 4.78 is 6.48. The minimum atomic E-state index is -0.488. The number of halogens is 1. The van der Waals surface area contributed by atoms with Gasteiger partial charge in [0.05, 0.1) is 0 Å². The summed E-state index contributed by atoms with van der Waals surface area (Å²) in [4.78, 5) is 0. The number of hydrogen-bond acceptors (Lipinski definition) is 4. The molecule has 1 aromatic carbocycles. The van der Waals surface area contributed by atoms with Crippen LogP contribution in [0, 0.1) is 0 Å². The van der Waals surface area contributed by atoms with E-state index in [1.165, 1.54) is 0 Å². The van der Waals surface area contributed by atoms with E-state index in [4.69, 9.17) is 4.74 Å². The third-order valence-electron chi connectivity index (χ3n) is 2.45. The fourth-order valence-electron chi connectivity index (χ4n) is 1.34. The smallest absolute Gasteiger partial charge is 0.120 e. The molecule has 0 heterocycles. The molecule has 5 heteroatoms. The first-order chi connectivity index (χ1) is 8.61. The van der Waals surface area contributed by atoms with Crippen LogP contribution in [0.4, 0.5) is 0 Å². The maximum absolute atomic E-state index is 9.76. The van der Waals surface area contributed by atoms with E-state index in [1.807, 2.05) is 36.0 Å². The second-order valence-electron chi connectivity index (χ2n) is 4.13. The first-order valence-electron chi connectivity index (χ1n) is 5.91. The Morgan fingerprint density at radius 2 is 2.22 bits per heavy atom. The fraction of sp³-hybridized carbons (Fsp3) is 0.538. The summed E-state index contributed by atoms with van der Waals surface area (Å²) in [7, 11) is 0. The molecule has 2 N–H and O–H groups in total. The minimum Gasteiger partial charge on any atom is -0.491 e. The van der Waals surface area contributed by atoms with Crippen LogP contribution in [-0.4, -0.2) is 42.4 Å². The monoisotopic (exact) mass is 333 g/mol. The van der Waals surface area contributed by atoms with Crippen molar-refractivity contribution in [3.63, 3.8) is 0 Å². The molecule has 0 spiro atoms. The predicted octanol–water partition coefficient (Wildman–Crippen LogP) is 2.53. The largest absolute Gasteiger partial charge is 0.491 e. The van der Waals surface area contributed by atoms with Crippen LogP contribution in [0.3, 0.4) is 0 Å². The van der Waals surface area contributed by atoms with Crippen molar-refractivity contribution in [2.24, 2.45) is 0 Å². The third-order valence-corrected chi connectivity index (χ3v) is 3.92. The molecule has 18 heavy (non-hydrogen) atoms. The average Bonchev–Trinajstić information content (AvgIpc) is 2.36. The third kappa shape index (κ3) is 6.64. The molecule has 0 amide bonds. The number of aliphatic hydroxyl groups is 1. The van der Waals surface area contributed by atoms with E-state index in [2.05, 4.69) is 34.4 Å². The van der Waals surface area contributed by atoms with Crippen LogP contribution in [0.5, 0.6) is 5.75 Å². The Labute approximate surface area is 121 Å². The Morgan fingerprint density at radius 1 is 1.44 bits per heavy atom. The zero-order valence-corrected chi connectivity index (χ0v) is 13.1. The number of benzene rings is 1. The summed E-state index contributed by atoms with van der Waals surface area (Å²) in [5, 5.41) is 13.5. The fourth-order valence-corrected chi connectivity index (χ4v) is 2.01. The summed E-state index contributed by atoms with van der Waals surface area (Å²) in [6.45, 7) is 3.91. The number of aliphatic hydroxyl groups excluding tert-OH is 1. The molecular weight excluding hydrogens is 314 g/mol. The van der Waals surface area contributed by atoms with Crippen molar-refractivity contribution in [2.75, 3.05) is 26.0 Å². The zero-order valence-electron chi connectivity index (χ0n) is 10.7. The summed E-state index contributed by atoms with van der Waals surface area (Å²) in [5.41, 5.74) is 0. The topological polar surface area (TPSA) is 41.5 Å². The Kier molecular flexibility index (Phi) is 7.74. The van der Waals surface area contributed by atoms with Gasteiger partial charge < -0.3 is 15.2 Å². The predicted molar refractivity (Wildman–Crippen MR) is 81.5 cm³/mol. The number of rotatable bonds is 8. The summed E-state index contributed by atoms with van der Waals surface area (Å²) >= 11 is 5.19. The van der Waals surface area contributed by atoms with E-state index >= 15 is 0 Å². The van der Waals surface area contributed by atoms with Gasteiger partial charge in [0.1, 0.15) is 18.5 Å². The lowest BCUT2D eigenvalue weighted by molar-refractivity contribution is 0.106. The van der Waals surface area contributed by atoms with Crippen LogP contribution in [0.15, 0.2) is 28.7 Å². The molecule has 0 bridgehead atoms. The van der Waals surface area contributed by atoms with Crippen LogP contribution in [0.1, 0.15) is 6.92 Å². The van der Waals surface area contributed by atoms with Crippen molar-refractivity contribution in [3.05, 3.63) is 28.7 Å². The number of nitrogens with one attached hydrogen (secondary N) is 1. The van der Waals surface area contributed by atoms with E-state index < -0.39 is 6.10 Å². The molecular formula is C13H20BrNO2S. The van der Waals surface area contributed by atoms with Gasteiger partial charge in [-0.2, -0.15) is 11.8 Å². The second-order valence-corrected chi connectivity index (χ2v) is 6.32. The molecule has 102 valence electrons. The minimum absolute atomic E-state index is 0.303. The van der Waals surface area contributed by atoms with Crippen molar-refractivity contribution < 1.29 is 9.84 Å². The molecule has 0 aliphatic rings. The molecule has 2 atom stereocenters. The highest BCUT2D eigenvalue weighted by molar-refractivity contribution is 9.10. The lowest BCUT2D eigenvalue weighted by Crippen LogP contribution is -2.34. The Hall–Kier alpha value is -0.230. The highest BCUT2D eigenvalue weighted by Gasteiger charge is 2.06. The standard InChI is InChI=1S/C13H20BrNO2S/c1-10(18-2)7-15-8-12(16)9-17-13-5-3-4-11(14)6-13/h3-6,10,12,15-16H,7-9H2,1-2H3. The summed E-state index contributed by atoms with van der Waals surface area (Å²) in [6.07, 6.45) is 1.59. The van der Waals surface area contributed by atoms with Crippen molar-refractivity contribution >= 4 is 27.7 Å². The molecule has 2 unspecified atom stereocenters. The second kappa shape index (κ2) is 8.80. The lowest BCUT2D eigenvalue weighted by Gasteiger charge is -2.15. The molecule has 0 fully saturated rings. The molecule has 0 saturated heterocycles. The van der Waals surface area contributed by atoms with Gasteiger partial charge in [-0.15, -0.1) is 0 Å². The lowest BCUT2D eigenvalue weighted by atomic mass is 10.3. The Bertz CT molecular complexity index is 352. The van der Waals surface area contributed by atoms with E-state index in [9.17, 15) is 5.11 Å². The molecule has 0 aromatic heterocycles. The van der Waals surface area contributed by atoms with Gasteiger partial charge in [-0.05, 0) is 24.5 Å². The van der Waals surface area contributed by atoms with Crippen LogP contribution < -0.4 is 10.1 Å². The van der Waals surface area contributed by atoms with Gasteiger partial charge in [-0.3, -0.25) is 0 Å². The van der Waals surface area contributed by atoms with Gasteiger partial charge in [0, 0.05) is 22.8 Å². The van der Waals surface area contributed by atoms with E-state index in [0.29, 0.717) is 18.4 Å². The van der Waals surface area contributed by atoms with Gasteiger partial charge in [0.25, 0.3) is 0 Å². The van der Waals surface area contributed by atoms with Crippen molar-refractivity contribution in [1.82, 2.24) is 5.32 Å². The normalized spacial score (nSPS) is 14.2. The quantitative estimate of drug-likeness (QED) is 0.767. The molecule has 0 aliphatic heterocycles. The van der Waals surface area contributed by atoms with Crippen molar-refractivity contribution in [1.29, 1.82) is 0 Å². The molecule has 0 aliphatic carbocycles. The molecule has 3 nitrogen and oxygen atoms in total. The molecule has 1 rings (SSSR count). The van der Waals surface area contributed by atoms with E-state index in [0.717, 1.165) is 16.8 Å². The zero-order chi connectivity index (χ0) is 13.4. The number of hydrogen-bond donors (Lipinski definition) is 2. The maximum atomic E-state index is 9.76. The first-order valence-corrected chi connectivity index (χ1v) is 8.00. The molecule has 1 aromatic rings. The van der Waals surface area contributed by atoms with Crippen LogP contribution in [0.25, 0.3) is 0 Å². The maximum Gasteiger partial charge on any atom is 0.120 e. The van der Waals surface area contributed by atoms with Gasteiger partial charge >= 0.3 is 0 Å². The van der Waals surface area contributed by atoms with E-state index in [1.54, 1.807) is 0 Å². The number of thioether (sulfide) groups is 1. The van der Waals surface area contributed by atoms with Gasteiger partial charge in [-0.1, -0.05) is 28.9 Å². The first kappa shape index (κ1) is 15.8. The van der Waals surface area contributed by atoms with Gasteiger partial charge in [0.2, 0.25) is 0 Å². The van der Waals surface area contributed by atoms with Crippen LogP contribution >= 0.6 is 27.7 Å². The average molecular weight is 334 g/mol. The number of ether oxygens (including phenoxy) is 1. The Balaban J connectivity index is 2.19. The summed E-state index contributed by atoms with van der Waals surface area (Å²) in [5.74, 6) is 0.765. The summed E-state index contributed by atoms with van der Waals surface area (Å²) in [6, 6.07) is 7.61. The molecule has 0 saturated carbocycles. The van der Waals surface area contributed by atoms with Gasteiger partial charge in [0.15, 0.2) is 0 Å². The van der Waals surface area contributed by atoms with Crippen LogP contribution in [0.2, 0.25) is 0 Å². The van der Waals surface area contributed by atoms with E-state index in [-0.39, 0.29) is 0 Å². The Morgan fingerprint density at radius 3 is 2.89 bits per heavy atom. The van der Waals surface area contributed by atoms with Gasteiger partial charge in [-0.25, -0.2) is 0 Å². The van der Waals surface area contributed by atoms with Crippen molar-refractivity contribution in [3.8, 4) is 5.75 Å².